The lowest BCUT2D eigenvalue weighted by Crippen LogP contribution is -2.51. The molecule has 8 heteroatoms. The summed E-state index contributed by atoms with van der Waals surface area (Å²) < 4.78 is 74.8. The highest BCUT2D eigenvalue weighted by Gasteiger charge is 2.87. The molecule has 0 aliphatic carbocycles. The first-order valence-electron chi connectivity index (χ1n) is 4.61. The van der Waals surface area contributed by atoms with Crippen LogP contribution in [0.2, 0.25) is 0 Å². The van der Waals surface area contributed by atoms with E-state index < -0.39 is 29.6 Å². The van der Waals surface area contributed by atoms with E-state index in [1.54, 1.807) is 19.2 Å². The quantitative estimate of drug-likeness (QED) is 0.566. The molecular formula is C8H10F6N2. The van der Waals surface area contributed by atoms with Gasteiger partial charge < -0.3 is 0 Å². The molecule has 0 aromatic heterocycles. The fraction of sp³-hybridized carbons (Fsp3) is 1.00. The highest BCUT2D eigenvalue weighted by molar-refractivity contribution is 5.27. The zero-order chi connectivity index (χ0) is 12.6. The van der Waals surface area contributed by atoms with E-state index in [1.807, 2.05) is 0 Å². The van der Waals surface area contributed by atoms with Crippen molar-refractivity contribution in [1.29, 1.82) is 0 Å². The molecule has 0 radical (unpaired) electrons. The molecule has 1 N–H and O–H groups in total. The normalized spacial score (nSPS) is 36.0. The molecule has 2 rings (SSSR count). The molecule has 16 heavy (non-hydrogen) atoms. The highest BCUT2D eigenvalue weighted by atomic mass is 19.4. The Morgan fingerprint density at radius 2 is 1.44 bits per heavy atom. The van der Waals surface area contributed by atoms with Crippen LogP contribution in [0.3, 0.4) is 0 Å². The van der Waals surface area contributed by atoms with Crippen molar-refractivity contribution in [3.63, 3.8) is 0 Å². The van der Waals surface area contributed by atoms with E-state index in [4.69, 9.17) is 0 Å². The maximum atomic E-state index is 12.5. The van der Waals surface area contributed by atoms with Crippen LogP contribution in [-0.2, 0) is 0 Å². The molecule has 0 saturated carbocycles. The van der Waals surface area contributed by atoms with E-state index in [0.717, 1.165) is 4.90 Å². The van der Waals surface area contributed by atoms with Gasteiger partial charge in [0.1, 0.15) is 0 Å². The van der Waals surface area contributed by atoms with E-state index in [9.17, 15) is 26.3 Å². The smallest absolute Gasteiger partial charge is 0.278 e. The van der Waals surface area contributed by atoms with Crippen LogP contribution in [0.15, 0.2) is 0 Å². The van der Waals surface area contributed by atoms with Gasteiger partial charge in [0.05, 0.1) is 6.17 Å². The molecule has 94 valence electrons. The van der Waals surface area contributed by atoms with Crippen LogP contribution in [0, 0.1) is 0 Å². The first kappa shape index (κ1) is 12.0. The minimum absolute atomic E-state index is 0.235. The average Bonchev–Trinajstić information content (AvgIpc) is 2.79. The number of rotatable bonds is 1. The minimum Gasteiger partial charge on any atom is -0.278 e. The van der Waals surface area contributed by atoms with Crippen LogP contribution in [-0.4, -0.2) is 41.0 Å². The van der Waals surface area contributed by atoms with E-state index in [-0.39, 0.29) is 6.54 Å². The maximum Gasteiger partial charge on any atom is 0.418 e. The minimum atomic E-state index is -5.32. The first-order valence-corrected chi connectivity index (χ1v) is 4.61. The van der Waals surface area contributed by atoms with Gasteiger partial charge in [-0.1, -0.05) is 0 Å². The lowest BCUT2D eigenvalue weighted by atomic mass is 10.1. The van der Waals surface area contributed by atoms with Crippen LogP contribution < -0.4 is 5.32 Å². The predicted octanol–water partition coefficient (Wildman–Crippen LogP) is 1.87. The number of nitrogens with zero attached hydrogens (tertiary/aromatic N) is 1. The molecule has 2 aliphatic heterocycles. The van der Waals surface area contributed by atoms with Crippen molar-refractivity contribution >= 4 is 0 Å². The molecule has 2 saturated heterocycles. The molecule has 2 atom stereocenters. The molecule has 0 aromatic rings. The van der Waals surface area contributed by atoms with Gasteiger partial charge in [-0.05, 0) is 13.8 Å². The summed E-state index contributed by atoms with van der Waals surface area (Å²) in [6.07, 6.45) is -12.3. The Kier molecular flexibility index (Phi) is 1.99. The van der Waals surface area contributed by atoms with Crippen LogP contribution in [0.4, 0.5) is 26.3 Å². The van der Waals surface area contributed by atoms with E-state index >= 15 is 0 Å². The summed E-state index contributed by atoms with van der Waals surface area (Å²) in [5.41, 5.74) is -4.33. The van der Waals surface area contributed by atoms with E-state index in [2.05, 4.69) is 0 Å². The van der Waals surface area contributed by atoms with Crippen molar-refractivity contribution in [2.75, 3.05) is 6.54 Å². The van der Waals surface area contributed by atoms with Gasteiger partial charge in [-0.15, -0.1) is 0 Å². The third kappa shape index (κ3) is 1.35. The summed E-state index contributed by atoms with van der Waals surface area (Å²) in [5, 5.41) is 1.56. The zero-order valence-corrected chi connectivity index (χ0v) is 8.50. The summed E-state index contributed by atoms with van der Waals surface area (Å²) in [7, 11) is 0. The standard InChI is InChI=1S/C8H10F6N2/c1-5(2)3-16(5)4-6(15-4,7(9,10)11)8(12,13)14/h4,15H,3H2,1-2H3. The molecule has 2 aliphatic rings. The van der Waals surface area contributed by atoms with Gasteiger partial charge in [-0.2, -0.15) is 26.3 Å². The molecule has 0 amide bonds. The van der Waals surface area contributed by atoms with Crippen molar-refractivity contribution in [3.8, 4) is 0 Å². The largest absolute Gasteiger partial charge is 0.418 e. The van der Waals surface area contributed by atoms with Gasteiger partial charge in [0.2, 0.25) is 5.54 Å². The summed E-state index contributed by atoms with van der Waals surface area (Å²) in [6, 6.07) is 0. The van der Waals surface area contributed by atoms with E-state index in [0.29, 0.717) is 0 Å². The van der Waals surface area contributed by atoms with Gasteiger partial charge in [-0.25, -0.2) is 0 Å². The Bertz CT molecular complexity index is 303. The molecule has 2 unspecified atom stereocenters. The number of nitrogens with one attached hydrogen (secondary N) is 1. The Hall–Kier alpha value is -0.500. The van der Waals surface area contributed by atoms with Crippen molar-refractivity contribution in [3.05, 3.63) is 0 Å². The van der Waals surface area contributed by atoms with Gasteiger partial charge in [0.25, 0.3) is 0 Å². The summed E-state index contributed by atoms with van der Waals surface area (Å²) >= 11 is 0. The fourth-order valence-electron chi connectivity index (χ4n) is 1.94. The Labute approximate surface area is 87.6 Å². The van der Waals surface area contributed by atoms with Crippen LogP contribution >= 0.6 is 0 Å². The Morgan fingerprint density at radius 3 is 1.62 bits per heavy atom. The van der Waals surface area contributed by atoms with Crippen molar-refractivity contribution in [1.82, 2.24) is 10.2 Å². The van der Waals surface area contributed by atoms with Crippen LogP contribution in [0.1, 0.15) is 13.8 Å². The lowest BCUT2D eigenvalue weighted by Gasteiger charge is -2.22. The van der Waals surface area contributed by atoms with Crippen molar-refractivity contribution in [2.24, 2.45) is 0 Å². The summed E-state index contributed by atoms with van der Waals surface area (Å²) in [5.74, 6) is 0. The average molecular weight is 248 g/mol. The van der Waals surface area contributed by atoms with E-state index in [1.165, 1.54) is 0 Å². The van der Waals surface area contributed by atoms with Crippen molar-refractivity contribution in [2.45, 2.75) is 43.4 Å². The second kappa shape index (κ2) is 2.66. The second-order valence-electron chi connectivity index (χ2n) is 4.79. The second-order valence-corrected chi connectivity index (χ2v) is 4.79. The summed E-state index contributed by atoms with van der Waals surface area (Å²) in [6.45, 7) is 3.44. The number of hydrogen-bond acceptors (Lipinski definition) is 2. The molecule has 0 bridgehead atoms. The van der Waals surface area contributed by atoms with Gasteiger partial charge in [0.15, 0.2) is 0 Å². The lowest BCUT2D eigenvalue weighted by molar-refractivity contribution is -0.269. The Morgan fingerprint density at radius 1 is 1.06 bits per heavy atom. The third-order valence-corrected chi connectivity index (χ3v) is 3.13. The maximum absolute atomic E-state index is 12.5. The Balaban J connectivity index is 2.24. The number of halogens is 6. The summed E-state index contributed by atoms with van der Waals surface area (Å²) in [4.78, 5) is 1.16. The highest BCUT2D eigenvalue weighted by Crippen LogP contribution is 2.57. The molecule has 2 fully saturated rings. The molecule has 2 nitrogen and oxygen atoms in total. The zero-order valence-electron chi connectivity index (χ0n) is 8.50. The number of alkyl halides is 6. The molecule has 2 heterocycles. The topological polar surface area (TPSA) is 25.0 Å². The van der Waals surface area contributed by atoms with Crippen LogP contribution in [0.5, 0.6) is 0 Å². The van der Waals surface area contributed by atoms with Gasteiger partial charge in [0, 0.05) is 12.1 Å². The predicted molar refractivity (Wildman–Crippen MR) is 42.5 cm³/mol. The molecule has 0 aromatic carbocycles. The SMILES string of the molecule is CC1(C)CN1C1NC1(C(F)(F)F)C(F)(F)F. The van der Waals surface area contributed by atoms with Gasteiger partial charge >= 0.3 is 12.4 Å². The molecule has 0 spiro atoms. The van der Waals surface area contributed by atoms with Crippen molar-refractivity contribution < 1.29 is 26.3 Å². The number of hydrogen-bond donors (Lipinski definition) is 1. The first-order chi connectivity index (χ1) is 6.93. The van der Waals surface area contributed by atoms with Crippen LogP contribution in [0.25, 0.3) is 0 Å². The monoisotopic (exact) mass is 248 g/mol. The van der Waals surface area contributed by atoms with Gasteiger partial charge in [-0.3, -0.25) is 10.2 Å². The molecular weight excluding hydrogens is 238 g/mol. The third-order valence-electron chi connectivity index (χ3n) is 3.13. The fourth-order valence-corrected chi connectivity index (χ4v) is 1.94.